The van der Waals surface area contributed by atoms with Crippen LogP contribution in [0.15, 0.2) is 30.3 Å². The first-order chi connectivity index (χ1) is 9.02. The first-order valence-corrected chi connectivity index (χ1v) is 6.20. The molecule has 1 aromatic rings. The van der Waals surface area contributed by atoms with E-state index in [9.17, 15) is 14.4 Å². The molecule has 100 valence electrons. The molecule has 1 atom stereocenters. The molecule has 0 unspecified atom stereocenters. The Kier molecular flexibility index (Phi) is 3.64. The number of hydrogen-bond acceptors (Lipinski definition) is 3. The molecule has 1 heterocycles. The minimum Gasteiger partial charge on any atom is -0.314 e. The third kappa shape index (κ3) is 2.50. The fraction of sp³-hybridized carbons (Fsp3) is 0.357. The summed E-state index contributed by atoms with van der Waals surface area (Å²) in [6.45, 7) is 1.59. The summed E-state index contributed by atoms with van der Waals surface area (Å²) in [5, 5.41) is 0. The average Bonchev–Trinajstić information content (AvgIpc) is 2.77. The van der Waals surface area contributed by atoms with Crippen LogP contribution in [0.2, 0.25) is 0 Å². The van der Waals surface area contributed by atoms with Gasteiger partial charge in [0.2, 0.25) is 17.7 Å². The smallest absolute Gasteiger partial charge is 0.249 e. The topological polar surface area (TPSA) is 57.7 Å². The van der Waals surface area contributed by atoms with Gasteiger partial charge >= 0.3 is 0 Å². The number of benzene rings is 1. The molecule has 1 aliphatic heterocycles. The Morgan fingerprint density at radius 3 is 2.21 bits per heavy atom. The Hall–Kier alpha value is -2.17. The van der Waals surface area contributed by atoms with E-state index in [1.54, 1.807) is 26.1 Å². The summed E-state index contributed by atoms with van der Waals surface area (Å²) in [5.41, 5.74) is 0.735. The van der Waals surface area contributed by atoms with Gasteiger partial charge in [-0.05, 0) is 19.1 Å². The Balaban J connectivity index is 2.15. The van der Waals surface area contributed by atoms with Crippen molar-refractivity contribution < 1.29 is 14.4 Å². The molecule has 5 heteroatoms. The lowest BCUT2D eigenvalue weighted by Crippen LogP contribution is -2.48. The van der Waals surface area contributed by atoms with E-state index in [2.05, 4.69) is 0 Å². The predicted octanol–water partition coefficient (Wildman–Crippen LogP) is 1.19. The fourth-order valence-electron chi connectivity index (χ4n) is 2.20. The lowest BCUT2D eigenvalue weighted by Gasteiger charge is -2.26. The second-order valence-electron chi connectivity index (χ2n) is 4.57. The molecule has 3 amide bonds. The molecule has 19 heavy (non-hydrogen) atoms. The molecule has 0 aliphatic carbocycles. The van der Waals surface area contributed by atoms with E-state index in [0.29, 0.717) is 0 Å². The molecule has 1 saturated heterocycles. The third-order valence-electron chi connectivity index (χ3n) is 3.31. The van der Waals surface area contributed by atoms with Gasteiger partial charge in [-0.1, -0.05) is 18.2 Å². The van der Waals surface area contributed by atoms with E-state index in [-0.39, 0.29) is 30.6 Å². The first kappa shape index (κ1) is 13.3. The third-order valence-corrected chi connectivity index (χ3v) is 3.31. The Bertz CT molecular complexity index is 497. The summed E-state index contributed by atoms with van der Waals surface area (Å²) in [4.78, 5) is 38.1. The van der Waals surface area contributed by atoms with Crippen molar-refractivity contribution in [2.75, 3.05) is 11.9 Å². The summed E-state index contributed by atoms with van der Waals surface area (Å²) in [6, 6.07) is 8.37. The lowest BCUT2D eigenvalue weighted by molar-refractivity contribution is -0.145. The van der Waals surface area contributed by atoms with Crippen LogP contribution in [-0.4, -0.2) is 35.7 Å². The van der Waals surface area contributed by atoms with Gasteiger partial charge in [-0.2, -0.15) is 0 Å². The van der Waals surface area contributed by atoms with E-state index in [4.69, 9.17) is 0 Å². The number of likely N-dealkylation sites (N-methyl/N-ethyl adjacent to an activating group) is 1. The quantitative estimate of drug-likeness (QED) is 0.767. The van der Waals surface area contributed by atoms with Gasteiger partial charge in [0.05, 0.1) is 0 Å². The van der Waals surface area contributed by atoms with Crippen molar-refractivity contribution in [3.63, 3.8) is 0 Å². The molecule has 0 N–H and O–H groups in total. The van der Waals surface area contributed by atoms with E-state index >= 15 is 0 Å². The van der Waals surface area contributed by atoms with Crippen LogP contribution in [0.4, 0.5) is 5.69 Å². The summed E-state index contributed by atoms with van der Waals surface area (Å²) < 4.78 is 0. The molecular formula is C14H16N2O3. The maximum atomic E-state index is 12.3. The molecule has 0 spiro atoms. The number of carbonyl (C=O) groups excluding carboxylic acids is 3. The molecular weight excluding hydrogens is 244 g/mol. The Labute approximate surface area is 111 Å². The minimum absolute atomic E-state index is 0.200. The predicted molar refractivity (Wildman–Crippen MR) is 70.4 cm³/mol. The number of likely N-dealkylation sites (tertiary alicyclic amines) is 1. The highest BCUT2D eigenvalue weighted by Gasteiger charge is 2.37. The molecule has 0 saturated carbocycles. The number of amides is 3. The highest BCUT2D eigenvalue weighted by molar-refractivity contribution is 6.08. The second kappa shape index (κ2) is 5.22. The molecule has 0 radical (unpaired) electrons. The van der Waals surface area contributed by atoms with E-state index in [1.165, 1.54) is 4.90 Å². The van der Waals surface area contributed by atoms with E-state index in [0.717, 1.165) is 10.6 Å². The number of hydrogen-bond donors (Lipinski definition) is 0. The SMILES string of the molecule is C[C@@H](C(=O)N(C)c1ccccc1)N1C(=O)CCC1=O. The van der Waals surface area contributed by atoms with Crippen molar-refractivity contribution in [1.29, 1.82) is 0 Å². The zero-order valence-electron chi connectivity index (χ0n) is 11.0. The molecule has 1 aromatic carbocycles. The number of imide groups is 1. The van der Waals surface area contributed by atoms with Crippen LogP contribution in [0.5, 0.6) is 0 Å². The highest BCUT2D eigenvalue weighted by atomic mass is 16.2. The van der Waals surface area contributed by atoms with Crippen LogP contribution in [0, 0.1) is 0 Å². The molecule has 5 nitrogen and oxygen atoms in total. The summed E-state index contributed by atoms with van der Waals surface area (Å²) >= 11 is 0. The Morgan fingerprint density at radius 1 is 1.16 bits per heavy atom. The van der Waals surface area contributed by atoms with Crippen molar-refractivity contribution in [2.24, 2.45) is 0 Å². The van der Waals surface area contributed by atoms with Crippen LogP contribution in [-0.2, 0) is 14.4 Å². The highest BCUT2D eigenvalue weighted by Crippen LogP contribution is 2.19. The largest absolute Gasteiger partial charge is 0.314 e. The summed E-state index contributed by atoms with van der Waals surface area (Å²) in [7, 11) is 1.64. The van der Waals surface area contributed by atoms with Gasteiger partial charge in [0.15, 0.2) is 0 Å². The summed E-state index contributed by atoms with van der Waals surface area (Å²) in [6.07, 6.45) is 0.400. The van der Waals surface area contributed by atoms with Gasteiger partial charge < -0.3 is 4.90 Å². The van der Waals surface area contributed by atoms with Crippen molar-refractivity contribution in [3.05, 3.63) is 30.3 Å². The monoisotopic (exact) mass is 260 g/mol. The van der Waals surface area contributed by atoms with Crippen molar-refractivity contribution in [1.82, 2.24) is 4.90 Å². The number of carbonyl (C=O) groups is 3. The molecule has 0 aromatic heterocycles. The van der Waals surface area contributed by atoms with Crippen LogP contribution < -0.4 is 4.90 Å². The van der Waals surface area contributed by atoms with Crippen molar-refractivity contribution >= 4 is 23.4 Å². The molecule has 2 rings (SSSR count). The van der Waals surface area contributed by atoms with Gasteiger partial charge in [-0.15, -0.1) is 0 Å². The van der Waals surface area contributed by atoms with Crippen LogP contribution >= 0.6 is 0 Å². The molecule has 0 bridgehead atoms. The maximum Gasteiger partial charge on any atom is 0.249 e. The van der Waals surface area contributed by atoms with Gasteiger partial charge in [-0.25, -0.2) is 0 Å². The first-order valence-electron chi connectivity index (χ1n) is 6.20. The van der Waals surface area contributed by atoms with Crippen molar-refractivity contribution in [3.8, 4) is 0 Å². The zero-order valence-corrected chi connectivity index (χ0v) is 11.0. The minimum atomic E-state index is -0.757. The zero-order chi connectivity index (χ0) is 14.0. The second-order valence-corrected chi connectivity index (χ2v) is 4.57. The number of anilines is 1. The Morgan fingerprint density at radius 2 is 1.68 bits per heavy atom. The van der Waals surface area contributed by atoms with Crippen LogP contribution in [0.3, 0.4) is 0 Å². The van der Waals surface area contributed by atoms with Crippen LogP contribution in [0.25, 0.3) is 0 Å². The van der Waals surface area contributed by atoms with Gasteiger partial charge in [0.25, 0.3) is 0 Å². The lowest BCUT2D eigenvalue weighted by atomic mass is 10.2. The van der Waals surface area contributed by atoms with Gasteiger partial charge in [0.1, 0.15) is 6.04 Å². The standard InChI is InChI=1S/C14H16N2O3/c1-10(16-12(17)8-9-13(16)18)14(19)15(2)11-6-4-3-5-7-11/h3-7,10H,8-9H2,1-2H3/t10-/m0/s1. The average molecular weight is 260 g/mol. The fourth-order valence-corrected chi connectivity index (χ4v) is 2.20. The summed E-state index contributed by atoms with van der Waals surface area (Å²) in [5.74, 6) is -0.811. The van der Waals surface area contributed by atoms with Crippen molar-refractivity contribution in [2.45, 2.75) is 25.8 Å². The van der Waals surface area contributed by atoms with Gasteiger partial charge in [-0.3, -0.25) is 19.3 Å². The van der Waals surface area contributed by atoms with E-state index < -0.39 is 6.04 Å². The number of para-hydroxylation sites is 1. The molecule has 1 fully saturated rings. The molecule has 1 aliphatic rings. The number of rotatable bonds is 3. The van der Waals surface area contributed by atoms with E-state index in [1.807, 2.05) is 18.2 Å². The number of nitrogens with zero attached hydrogens (tertiary/aromatic N) is 2. The van der Waals surface area contributed by atoms with Crippen LogP contribution in [0.1, 0.15) is 19.8 Å². The normalized spacial score (nSPS) is 16.6. The maximum absolute atomic E-state index is 12.3. The van der Waals surface area contributed by atoms with Gasteiger partial charge in [0, 0.05) is 25.6 Å².